The molecule has 0 spiro atoms. The molecule has 7 nitrogen and oxygen atoms in total. The molecule has 1 aromatic heterocycles. The average Bonchev–Trinajstić information content (AvgIpc) is 2.97. The monoisotopic (exact) mass is 374 g/mol. The molecular formula is C18H15ClN2O5. The number of halogens is 1. The first kappa shape index (κ1) is 17.8. The molecule has 2 aromatic carbocycles. The molecule has 0 unspecified atom stereocenters. The molecule has 0 fully saturated rings. The maximum Gasteiger partial charge on any atom is 0.354 e. The maximum atomic E-state index is 12.1. The third kappa shape index (κ3) is 3.21. The lowest BCUT2D eigenvalue weighted by molar-refractivity contribution is -0.384. The van der Waals surface area contributed by atoms with Gasteiger partial charge in [-0.2, -0.15) is 0 Å². The van der Waals surface area contributed by atoms with E-state index in [2.05, 4.69) is 0 Å². The van der Waals surface area contributed by atoms with Crippen molar-refractivity contribution in [1.29, 1.82) is 0 Å². The van der Waals surface area contributed by atoms with Crippen molar-refractivity contribution in [1.82, 2.24) is 4.57 Å². The largest absolute Gasteiger partial charge is 0.461 e. The number of nitro benzene ring substituents is 1. The number of rotatable bonds is 5. The molecule has 26 heavy (non-hydrogen) atoms. The van der Waals surface area contributed by atoms with Crippen LogP contribution in [-0.4, -0.2) is 22.1 Å². The van der Waals surface area contributed by atoms with Crippen molar-refractivity contribution >= 4 is 34.2 Å². The summed E-state index contributed by atoms with van der Waals surface area (Å²) in [7, 11) is 1.72. The lowest BCUT2D eigenvalue weighted by atomic mass is 10.2. The first-order valence-electron chi connectivity index (χ1n) is 7.79. The number of aromatic nitrogens is 1. The van der Waals surface area contributed by atoms with Crippen molar-refractivity contribution in [3.8, 4) is 11.5 Å². The van der Waals surface area contributed by atoms with Crippen LogP contribution in [0.1, 0.15) is 17.4 Å². The summed E-state index contributed by atoms with van der Waals surface area (Å²) in [5.74, 6) is 0.443. The predicted octanol–water partition coefficient (Wildman–Crippen LogP) is 4.71. The molecule has 0 saturated carbocycles. The lowest BCUT2D eigenvalue weighted by Crippen LogP contribution is -2.09. The summed E-state index contributed by atoms with van der Waals surface area (Å²) >= 11 is 6.26. The minimum atomic E-state index is -0.479. The van der Waals surface area contributed by atoms with Crippen LogP contribution in [0.3, 0.4) is 0 Å². The number of fused-ring (bicyclic) bond motifs is 1. The van der Waals surface area contributed by atoms with E-state index in [4.69, 9.17) is 21.1 Å². The van der Waals surface area contributed by atoms with Crippen LogP contribution < -0.4 is 4.74 Å². The standard InChI is InChI=1S/C18H15ClN2O5/c1-3-25-18(22)15-10-13-14(19)8-9-16(17(13)20(15)2)26-12-6-4-11(5-7-12)21(23)24/h4-10H,3H2,1-2H3. The van der Waals surface area contributed by atoms with E-state index < -0.39 is 10.9 Å². The number of hydrogen-bond donors (Lipinski definition) is 0. The molecule has 3 rings (SSSR count). The summed E-state index contributed by atoms with van der Waals surface area (Å²) in [6, 6.07) is 10.7. The molecule has 8 heteroatoms. The molecule has 134 valence electrons. The molecule has 0 bridgehead atoms. The Morgan fingerprint density at radius 1 is 1.23 bits per heavy atom. The topological polar surface area (TPSA) is 83.6 Å². The molecule has 0 atom stereocenters. The number of aryl methyl sites for hydroxylation is 1. The van der Waals surface area contributed by atoms with Crippen LogP contribution in [-0.2, 0) is 11.8 Å². The number of nitro groups is 1. The van der Waals surface area contributed by atoms with Crippen LogP contribution in [0.5, 0.6) is 11.5 Å². The number of carbonyl (C=O) groups excluding carboxylic acids is 1. The Kier molecular flexibility index (Phi) is 4.81. The molecule has 0 aliphatic heterocycles. The summed E-state index contributed by atoms with van der Waals surface area (Å²) in [5.41, 5.74) is 0.949. The van der Waals surface area contributed by atoms with Gasteiger partial charge in [0.05, 0.1) is 22.1 Å². The lowest BCUT2D eigenvalue weighted by Gasteiger charge is -2.10. The number of benzene rings is 2. The highest BCUT2D eigenvalue weighted by molar-refractivity contribution is 6.35. The van der Waals surface area contributed by atoms with Crippen LogP contribution in [0.2, 0.25) is 5.02 Å². The molecule has 0 radical (unpaired) electrons. The zero-order valence-corrected chi connectivity index (χ0v) is 14.8. The third-order valence-electron chi connectivity index (χ3n) is 3.86. The van der Waals surface area contributed by atoms with Crippen molar-refractivity contribution in [2.75, 3.05) is 6.61 Å². The van der Waals surface area contributed by atoms with Gasteiger partial charge in [-0.3, -0.25) is 10.1 Å². The summed E-state index contributed by atoms with van der Waals surface area (Å²) < 4.78 is 12.6. The minimum Gasteiger partial charge on any atom is -0.461 e. The van der Waals surface area contributed by atoms with Crippen molar-refractivity contribution in [2.45, 2.75) is 6.92 Å². The molecule has 0 N–H and O–H groups in total. The van der Waals surface area contributed by atoms with E-state index in [1.165, 1.54) is 24.3 Å². The summed E-state index contributed by atoms with van der Waals surface area (Å²) in [6.07, 6.45) is 0. The van der Waals surface area contributed by atoms with E-state index >= 15 is 0 Å². The van der Waals surface area contributed by atoms with Gasteiger partial charge in [-0.15, -0.1) is 0 Å². The molecule has 3 aromatic rings. The second-order valence-corrected chi connectivity index (χ2v) is 5.88. The van der Waals surface area contributed by atoms with E-state index in [-0.39, 0.29) is 12.3 Å². The van der Waals surface area contributed by atoms with E-state index in [9.17, 15) is 14.9 Å². The van der Waals surface area contributed by atoms with Crippen molar-refractivity contribution in [3.05, 3.63) is 63.3 Å². The van der Waals surface area contributed by atoms with Gasteiger partial charge < -0.3 is 14.0 Å². The van der Waals surface area contributed by atoms with Gasteiger partial charge in [-0.05, 0) is 37.3 Å². The van der Waals surface area contributed by atoms with Gasteiger partial charge in [0.1, 0.15) is 11.4 Å². The Bertz CT molecular complexity index is 995. The molecular weight excluding hydrogens is 360 g/mol. The zero-order chi connectivity index (χ0) is 18.8. The second-order valence-electron chi connectivity index (χ2n) is 5.47. The Morgan fingerprint density at radius 2 is 1.92 bits per heavy atom. The molecule has 0 saturated heterocycles. The van der Waals surface area contributed by atoms with Crippen molar-refractivity contribution in [3.63, 3.8) is 0 Å². The average molecular weight is 375 g/mol. The van der Waals surface area contributed by atoms with Gasteiger partial charge in [0, 0.05) is 24.6 Å². The Hall–Kier alpha value is -3.06. The van der Waals surface area contributed by atoms with Crippen LogP contribution in [0.4, 0.5) is 5.69 Å². The highest BCUT2D eigenvalue weighted by Gasteiger charge is 2.19. The summed E-state index contributed by atoms with van der Waals surface area (Å²) in [6.45, 7) is 2.00. The zero-order valence-electron chi connectivity index (χ0n) is 14.1. The number of hydrogen-bond acceptors (Lipinski definition) is 5. The highest BCUT2D eigenvalue weighted by atomic mass is 35.5. The quantitative estimate of drug-likeness (QED) is 0.367. The fraction of sp³-hybridized carbons (Fsp3) is 0.167. The first-order chi connectivity index (χ1) is 12.4. The van der Waals surface area contributed by atoms with Gasteiger partial charge in [-0.1, -0.05) is 11.6 Å². The molecule has 0 aliphatic rings. The van der Waals surface area contributed by atoms with Crippen molar-refractivity contribution in [2.24, 2.45) is 7.05 Å². The minimum absolute atomic E-state index is 0.0259. The fourth-order valence-corrected chi connectivity index (χ4v) is 2.85. The van der Waals surface area contributed by atoms with Gasteiger partial charge in [0.25, 0.3) is 5.69 Å². The Labute approximate surface area is 153 Å². The van der Waals surface area contributed by atoms with E-state index in [0.717, 1.165) is 0 Å². The van der Waals surface area contributed by atoms with Crippen molar-refractivity contribution < 1.29 is 19.2 Å². The third-order valence-corrected chi connectivity index (χ3v) is 4.19. The molecule has 1 heterocycles. The number of non-ortho nitro benzene ring substituents is 1. The molecule has 0 amide bonds. The Balaban J connectivity index is 2.04. The SMILES string of the molecule is CCOC(=O)c1cc2c(Cl)ccc(Oc3ccc([N+](=O)[O-])cc3)c2n1C. The number of nitrogens with zero attached hydrogens (tertiary/aromatic N) is 2. The first-order valence-corrected chi connectivity index (χ1v) is 8.17. The smallest absolute Gasteiger partial charge is 0.354 e. The second kappa shape index (κ2) is 7.05. The van der Waals surface area contributed by atoms with Crippen LogP contribution in [0.15, 0.2) is 42.5 Å². The fourth-order valence-electron chi connectivity index (χ4n) is 2.65. The highest BCUT2D eigenvalue weighted by Crippen LogP contribution is 2.36. The van der Waals surface area contributed by atoms with Crippen LogP contribution in [0, 0.1) is 10.1 Å². The normalized spacial score (nSPS) is 10.7. The van der Waals surface area contributed by atoms with Crippen LogP contribution >= 0.6 is 11.6 Å². The van der Waals surface area contributed by atoms with Gasteiger partial charge in [0.2, 0.25) is 0 Å². The Morgan fingerprint density at radius 3 is 2.54 bits per heavy atom. The maximum absolute atomic E-state index is 12.1. The van der Waals surface area contributed by atoms with Crippen LogP contribution in [0.25, 0.3) is 10.9 Å². The number of carbonyl (C=O) groups is 1. The van der Waals surface area contributed by atoms with E-state index in [1.54, 1.807) is 36.7 Å². The number of ether oxygens (including phenoxy) is 2. The van der Waals surface area contributed by atoms with Gasteiger partial charge in [-0.25, -0.2) is 4.79 Å². The summed E-state index contributed by atoms with van der Waals surface area (Å²) in [5, 5.41) is 11.9. The van der Waals surface area contributed by atoms with Gasteiger partial charge >= 0.3 is 5.97 Å². The van der Waals surface area contributed by atoms with E-state index in [1.807, 2.05) is 0 Å². The molecule has 0 aliphatic carbocycles. The predicted molar refractivity (Wildman–Crippen MR) is 97.1 cm³/mol. The van der Waals surface area contributed by atoms with Gasteiger partial charge in [0.15, 0.2) is 5.75 Å². The van der Waals surface area contributed by atoms with E-state index in [0.29, 0.717) is 33.1 Å². The number of esters is 1. The summed E-state index contributed by atoms with van der Waals surface area (Å²) in [4.78, 5) is 22.4.